The summed E-state index contributed by atoms with van der Waals surface area (Å²) in [5.74, 6) is 0.438. The van der Waals surface area contributed by atoms with Crippen molar-refractivity contribution in [2.24, 2.45) is 5.92 Å². The maximum absolute atomic E-state index is 12.3. The molecule has 0 aromatic heterocycles. The Morgan fingerprint density at radius 2 is 1.79 bits per heavy atom. The molecule has 1 aliphatic carbocycles. The van der Waals surface area contributed by atoms with Gasteiger partial charge in [0.1, 0.15) is 0 Å². The molecule has 1 unspecified atom stereocenters. The van der Waals surface area contributed by atoms with Gasteiger partial charge in [-0.25, -0.2) is 0 Å². The molecule has 3 N–H and O–H groups in total. The van der Waals surface area contributed by atoms with E-state index in [1.807, 2.05) is 42.5 Å². The van der Waals surface area contributed by atoms with Gasteiger partial charge in [0, 0.05) is 18.3 Å². The summed E-state index contributed by atoms with van der Waals surface area (Å²) >= 11 is 0. The van der Waals surface area contributed by atoms with Crippen LogP contribution in [0.2, 0.25) is 0 Å². The van der Waals surface area contributed by atoms with Crippen LogP contribution in [0.15, 0.2) is 48.5 Å². The van der Waals surface area contributed by atoms with Gasteiger partial charge in [0.2, 0.25) is 6.23 Å². The first-order valence-electron chi connectivity index (χ1n) is 10.3. The lowest BCUT2D eigenvalue weighted by molar-refractivity contribution is -0.123. The minimum atomic E-state index is -1.24. The van der Waals surface area contributed by atoms with Crippen molar-refractivity contribution in [3.8, 4) is 0 Å². The Balaban J connectivity index is 1.55. The van der Waals surface area contributed by atoms with Crippen molar-refractivity contribution in [3.05, 3.63) is 54.1 Å². The molecular formula is C23H29N3O2. The summed E-state index contributed by atoms with van der Waals surface area (Å²) in [7, 11) is 0. The number of aliphatic hydroxyl groups excluding tert-OH is 1. The molecule has 1 saturated carbocycles. The molecular weight excluding hydrogens is 350 g/mol. The first-order chi connectivity index (χ1) is 13.6. The Morgan fingerprint density at radius 1 is 1.11 bits per heavy atom. The molecule has 4 rings (SSSR count). The number of anilines is 3. The molecule has 28 heavy (non-hydrogen) atoms. The Hall–Kier alpha value is -2.37. The number of nitrogens with one attached hydrogen (secondary N) is 2. The molecule has 1 aliphatic heterocycles. The van der Waals surface area contributed by atoms with Crippen molar-refractivity contribution >= 4 is 23.0 Å². The van der Waals surface area contributed by atoms with E-state index >= 15 is 0 Å². The first-order valence-corrected chi connectivity index (χ1v) is 10.3. The van der Waals surface area contributed by atoms with Crippen LogP contribution in [-0.4, -0.2) is 23.3 Å². The zero-order valence-electron chi connectivity index (χ0n) is 16.4. The normalized spacial score (nSPS) is 20.7. The number of para-hydroxylation sites is 3. The van der Waals surface area contributed by atoms with Gasteiger partial charge >= 0.3 is 0 Å². The molecule has 0 radical (unpaired) electrons. The van der Waals surface area contributed by atoms with Crippen LogP contribution in [0.3, 0.4) is 0 Å². The number of fused-ring (bicyclic) bond motifs is 1. The predicted molar refractivity (Wildman–Crippen MR) is 113 cm³/mol. The van der Waals surface area contributed by atoms with Crippen molar-refractivity contribution in [3.63, 3.8) is 0 Å². The average Bonchev–Trinajstić information content (AvgIpc) is 3.21. The molecule has 0 saturated heterocycles. The van der Waals surface area contributed by atoms with Crippen LogP contribution in [0.1, 0.15) is 44.6 Å². The van der Waals surface area contributed by atoms with Crippen molar-refractivity contribution in [2.45, 2.75) is 57.8 Å². The lowest BCUT2D eigenvalue weighted by atomic mass is 9.99. The molecule has 1 heterocycles. The Morgan fingerprint density at radius 3 is 2.57 bits per heavy atom. The third kappa shape index (κ3) is 3.91. The van der Waals surface area contributed by atoms with E-state index in [9.17, 15) is 9.90 Å². The maximum atomic E-state index is 12.3. The van der Waals surface area contributed by atoms with Gasteiger partial charge in [0.15, 0.2) is 0 Å². The monoisotopic (exact) mass is 379 g/mol. The Bertz CT molecular complexity index is 832. The second kappa shape index (κ2) is 8.33. The first kappa shape index (κ1) is 19.0. The van der Waals surface area contributed by atoms with E-state index in [0.29, 0.717) is 12.6 Å². The van der Waals surface area contributed by atoms with Crippen LogP contribution in [0.25, 0.3) is 0 Å². The van der Waals surface area contributed by atoms with E-state index in [-0.39, 0.29) is 0 Å². The molecule has 2 aliphatic rings. The number of aliphatic hydroxyl groups is 1. The summed E-state index contributed by atoms with van der Waals surface area (Å²) in [6, 6.07) is 16.0. The molecule has 2 atom stereocenters. The average molecular weight is 380 g/mol. The van der Waals surface area contributed by atoms with E-state index in [2.05, 4.69) is 23.6 Å². The van der Waals surface area contributed by atoms with E-state index in [1.54, 1.807) is 4.90 Å². The predicted octanol–water partition coefficient (Wildman–Crippen LogP) is 4.15. The zero-order valence-corrected chi connectivity index (χ0v) is 16.4. The smallest absolute Gasteiger partial charge is 0.274 e. The number of carbonyl (C=O) groups excluding carboxylic acids is 1. The van der Waals surface area contributed by atoms with Gasteiger partial charge < -0.3 is 20.6 Å². The van der Waals surface area contributed by atoms with Crippen molar-refractivity contribution in [1.29, 1.82) is 0 Å². The highest BCUT2D eigenvalue weighted by Crippen LogP contribution is 2.38. The Labute approximate surface area is 166 Å². The fourth-order valence-corrected chi connectivity index (χ4v) is 4.51. The van der Waals surface area contributed by atoms with E-state index in [4.69, 9.17) is 0 Å². The minimum absolute atomic E-state index is 0.406. The quantitative estimate of drug-likeness (QED) is 0.705. The maximum Gasteiger partial charge on any atom is 0.274 e. The van der Waals surface area contributed by atoms with Crippen molar-refractivity contribution in [2.75, 3.05) is 10.2 Å². The van der Waals surface area contributed by atoms with Gasteiger partial charge in [-0.1, -0.05) is 56.0 Å². The number of hydrogen-bond acceptors (Lipinski definition) is 4. The minimum Gasteiger partial charge on any atom is -0.365 e. The highest BCUT2D eigenvalue weighted by molar-refractivity contribution is 6.04. The van der Waals surface area contributed by atoms with Crippen LogP contribution < -0.4 is 15.5 Å². The highest BCUT2D eigenvalue weighted by Gasteiger charge is 2.33. The zero-order chi connectivity index (χ0) is 19.5. The second-order valence-corrected chi connectivity index (χ2v) is 8.05. The van der Waals surface area contributed by atoms with Crippen LogP contribution in [0.5, 0.6) is 0 Å². The number of rotatable bonds is 6. The number of carbonyl (C=O) groups is 1. The lowest BCUT2D eigenvalue weighted by Gasteiger charge is -2.36. The molecule has 0 spiro atoms. The number of nitrogens with zero attached hydrogens (tertiary/aromatic N) is 1. The standard InChI is InChI=1S/C23H29N3O2/c1-16(14-17-8-2-3-9-17)24-15-18-10-4-6-12-20(18)26-21-13-7-5-11-19(21)25-22(27)23(26)28/h4-7,10-13,16-17,23-24,28H,2-3,8-9,14-15H2,1H3,(H,25,27)/t16-,23?/m0/s1. The van der Waals surface area contributed by atoms with E-state index in [1.165, 1.54) is 32.1 Å². The van der Waals surface area contributed by atoms with E-state index < -0.39 is 12.1 Å². The summed E-state index contributed by atoms with van der Waals surface area (Å²) in [4.78, 5) is 14.0. The Kier molecular flexibility index (Phi) is 5.64. The summed E-state index contributed by atoms with van der Waals surface area (Å²) in [6.45, 7) is 2.95. The SMILES string of the molecule is C[C@@H](CC1CCCC1)NCc1ccccc1N1c2ccccc2NC(=O)C1O. The number of hydrogen-bond donors (Lipinski definition) is 3. The fraction of sp³-hybridized carbons (Fsp3) is 0.435. The third-order valence-corrected chi connectivity index (χ3v) is 5.95. The summed E-state index contributed by atoms with van der Waals surface area (Å²) in [5, 5.41) is 17.0. The van der Waals surface area contributed by atoms with Crippen molar-refractivity contribution < 1.29 is 9.90 Å². The topological polar surface area (TPSA) is 64.6 Å². The van der Waals surface area contributed by atoms with Crippen molar-refractivity contribution in [1.82, 2.24) is 5.32 Å². The number of benzene rings is 2. The molecule has 1 amide bonds. The summed E-state index contributed by atoms with van der Waals surface area (Å²) < 4.78 is 0. The molecule has 2 aromatic carbocycles. The molecule has 2 aromatic rings. The molecule has 5 heteroatoms. The van der Waals surface area contributed by atoms with Gasteiger partial charge in [0.25, 0.3) is 5.91 Å². The van der Waals surface area contributed by atoms with Crippen LogP contribution >= 0.6 is 0 Å². The molecule has 5 nitrogen and oxygen atoms in total. The largest absolute Gasteiger partial charge is 0.365 e. The third-order valence-electron chi connectivity index (χ3n) is 5.95. The van der Waals surface area contributed by atoms with Gasteiger partial charge in [0.05, 0.1) is 11.4 Å². The fourth-order valence-electron chi connectivity index (χ4n) is 4.51. The molecule has 0 bridgehead atoms. The van der Waals surface area contributed by atoms with Crippen LogP contribution in [0, 0.1) is 5.92 Å². The lowest BCUT2D eigenvalue weighted by Crippen LogP contribution is -2.45. The van der Waals surface area contributed by atoms with Crippen LogP contribution in [-0.2, 0) is 11.3 Å². The molecule has 148 valence electrons. The molecule has 1 fully saturated rings. The number of amides is 1. The highest BCUT2D eigenvalue weighted by atomic mass is 16.3. The van der Waals surface area contributed by atoms with Gasteiger partial charge in [-0.3, -0.25) is 4.79 Å². The van der Waals surface area contributed by atoms with Crippen LogP contribution in [0.4, 0.5) is 17.1 Å². The van der Waals surface area contributed by atoms with Gasteiger partial charge in [-0.15, -0.1) is 0 Å². The summed E-state index contributed by atoms with van der Waals surface area (Å²) in [6.07, 6.45) is 5.41. The van der Waals surface area contributed by atoms with Gasteiger partial charge in [-0.2, -0.15) is 0 Å². The van der Waals surface area contributed by atoms with E-state index in [0.717, 1.165) is 28.5 Å². The second-order valence-electron chi connectivity index (χ2n) is 8.05. The summed E-state index contributed by atoms with van der Waals surface area (Å²) in [5.41, 5.74) is 3.46. The van der Waals surface area contributed by atoms with Gasteiger partial charge in [-0.05, 0) is 43.0 Å².